The normalized spacial score (nSPS) is 17.1. The van der Waals surface area contributed by atoms with Crippen LogP contribution in [0.15, 0.2) is 49.2 Å². The first kappa shape index (κ1) is 28.9. The molecule has 0 bridgehead atoms. The van der Waals surface area contributed by atoms with Crippen LogP contribution in [-0.4, -0.2) is 60.2 Å². The number of carbonyl (C=O) groups excluding carboxylic acids is 1. The number of nitrogens with one attached hydrogen (secondary N) is 2. The van der Waals surface area contributed by atoms with Crippen molar-refractivity contribution in [3.8, 4) is 28.5 Å². The van der Waals surface area contributed by atoms with Crippen molar-refractivity contribution in [2.75, 3.05) is 17.3 Å². The van der Waals surface area contributed by atoms with Gasteiger partial charge in [-0.1, -0.05) is 6.92 Å². The van der Waals surface area contributed by atoms with Gasteiger partial charge in [-0.05, 0) is 50.3 Å². The summed E-state index contributed by atoms with van der Waals surface area (Å²) in [6, 6.07) is 5.27. The van der Waals surface area contributed by atoms with Crippen molar-refractivity contribution in [3.63, 3.8) is 0 Å². The zero-order valence-electron chi connectivity index (χ0n) is 23.1. The predicted molar refractivity (Wildman–Crippen MR) is 148 cm³/mol. The first-order valence-electron chi connectivity index (χ1n) is 13.6. The number of pyridine rings is 1. The molecule has 4 heterocycles. The van der Waals surface area contributed by atoms with E-state index in [9.17, 15) is 18.0 Å². The maximum absolute atomic E-state index is 13.6. The highest BCUT2D eigenvalue weighted by Gasteiger charge is 2.36. The summed E-state index contributed by atoms with van der Waals surface area (Å²) in [5.74, 6) is 0.672. The first-order chi connectivity index (χ1) is 20.3. The van der Waals surface area contributed by atoms with E-state index in [0.717, 1.165) is 17.3 Å². The van der Waals surface area contributed by atoms with Crippen molar-refractivity contribution in [1.82, 2.24) is 35.1 Å². The van der Waals surface area contributed by atoms with E-state index in [1.54, 1.807) is 23.5 Å². The second-order valence-electron chi connectivity index (χ2n) is 9.95. The molecule has 1 fully saturated rings. The van der Waals surface area contributed by atoms with Gasteiger partial charge in [0.25, 0.3) is 0 Å². The van der Waals surface area contributed by atoms with Crippen molar-refractivity contribution < 1.29 is 22.7 Å². The molecule has 0 radical (unpaired) electrons. The van der Waals surface area contributed by atoms with Crippen LogP contribution in [0.25, 0.3) is 22.5 Å². The van der Waals surface area contributed by atoms with Crippen molar-refractivity contribution in [3.05, 3.63) is 54.7 Å². The third-order valence-electron chi connectivity index (χ3n) is 7.12. The predicted octanol–water partition coefficient (Wildman–Crippen LogP) is 5.30. The number of aromatic nitrogens is 7. The number of H-pyrrole nitrogens is 1. The molecule has 1 aliphatic carbocycles. The lowest BCUT2D eigenvalue weighted by Gasteiger charge is -2.36. The van der Waals surface area contributed by atoms with E-state index in [1.807, 2.05) is 19.1 Å². The summed E-state index contributed by atoms with van der Waals surface area (Å²) in [5, 5.41) is 9.48. The SMILES string of the molecule is CCCC(=O)N(c1ccc(-c2cnc(OC)nc2)cn1)C1CCC(Nc2ncc(C(F)(F)F)c(-c3ccn[nH]3)n2)CC1. The first-order valence-corrected chi connectivity index (χ1v) is 13.6. The molecule has 14 heteroatoms. The lowest BCUT2D eigenvalue weighted by atomic mass is 9.90. The van der Waals surface area contributed by atoms with Crippen LogP contribution in [0.5, 0.6) is 6.01 Å². The monoisotopic (exact) mass is 581 g/mol. The van der Waals surface area contributed by atoms with Gasteiger partial charge in [0.1, 0.15) is 17.1 Å². The maximum atomic E-state index is 13.6. The quantitative estimate of drug-likeness (QED) is 0.270. The number of amides is 1. The summed E-state index contributed by atoms with van der Waals surface area (Å²) in [6.45, 7) is 1.96. The molecule has 1 amide bonds. The fraction of sp³-hybridized carbons (Fsp3) is 0.393. The number of carbonyl (C=O) groups is 1. The molecule has 5 rings (SSSR count). The van der Waals surface area contributed by atoms with E-state index in [-0.39, 0.29) is 41.3 Å². The standard InChI is InChI=1S/C28H30F3N9O2/c1-3-4-24(41)40(23-10-5-17(13-32-23)18-14-34-27(42-2)35-15-18)20-8-6-19(7-9-20)37-26-33-16-21(28(29,30)31)25(38-26)22-11-12-36-39-22/h5,10-16,19-20H,3-4,6-9H2,1-2H3,(H,36,39)(H,33,37,38). The molecular weight excluding hydrogens is 551 g/mol. The van der Waals surface area contributed by atoms with Gasteiger partial charge in [-0.25, -0.2) is 24.9 Å². The molecule has 1 saturated carbocycles. The smallest absolute Gasteiger partial charge is 0.420 e. The average Bonchev–Trinajstić information content (AvgIpc) is 3.54. The fourth-order valence-corrected chi connectivity index (χ4v) is 5.04. The van der Waals surface area contributed by atoms with Crippen LogP contribution in [0.1, 0.15) is 51.0 Å². The molecule has 0 aliphatic heterocycles. The molecule has 0 saturated heterocycles. The number of methoxy groups -OCH3 is 1. The third kappa shape index (κ3) is 6.47. The average molecular weight is 582 g/mol. The molecule has 1 aliphatic rings. The van der Waals surface area contributed by atoms with E-state index >= 15 is 0 Å². The second kappa shape index (κ2) is 12.5. The van der Waals surface area contributed by atoms with Crippen LogP contribution in [-0.2, 0) is 11.0 Å². The number of alkyl halides is 3. The number of rotatable bonds is 9. The minimum absolute atomic E-state index is 0.00258. The molecule has 220 valence electrons. The molecule has 4 aromatic heterocycles. The Labute approximate surface area is 240 Å². The Balaban J connectivity index is 1.28. The van der Waals surface area contributed by atoms with Crippen molar-refractivity contribution >= 4 is 17.7 Å². The highest BCUT2D eigenvalue weighted by molar-refractivity contribution is 5.93. The lowest BCUT2D eigenvalue weighted by molar-refractivity contribution is -0.137. The third-order valence-corrected chi connectivity index (χ3v) is 7.12. The van der Waals surface area contributed by atoms with Crippen molar-refractivity contribution in [2.45, 2.75) is 63.7 Å². The van der Waals surface area contributed by atoms with Gasteiger partial charge in [-0.15, -0.1) is 0 Å². The lowest BCUT2D eigenvalue weighted by Crippen LogP contribution is -2.44. The number of nitrogens with zero attached hydrogens (tertiary/aromatic N) is 7. The minimum Gasteiger partial charge on any atom is -0.467 e. The van der Waals surface area contributed by atoms with Gasteiger partial charge < -0.3 is 10.1 Å². The number of hydrogen-bond donors (Lipinski definition) is 2. The summed E-state index contributed by atoms with van der Waals surface area (Å²) in [6.07, 6.45) is 6.33. The number of halogens is 3. The van der Waals surface area contributed by atoms with Crippen LogP contribution in [0.2, 0.25) is 0 Å². The van der Waals surface area contributed by atoms with E-state index in [0.29, 0.717) is 44.3 Å². The number of anilines is 2. The zero-order valence-corrected chi connectivity index (χ0v) is 23.1. The van der Waals surface area contributed by atoms with E-state index < -0.39 is 11.7 Å². The molecule has 4 aromatic rings. The van der Waals surface area contributed by atoms with Crippen LogP contribution >= 0.6 is 0 Å². The van der Waals surface area contributed by atoms with Gasteiger partial charge in [-0.2, -0.15) is 18.3 Å². The number of ether oxygens (including phenoxy) is 1. The Morgan fingerprint density at radius 2 is 1.76 bits per heavy atom. The van der Waals surface area contributed by atoms with E-state index in [2.05, 4.69) is 40.4 Å². The van der Waals surface area contributed by atoms with Gasteiger partial charge in [-0.3, -0.25) is 14.8 Å². The minimum atomic E-state index is -4.61. The summed E-state index contributed by atoms with van der Waals surface area (Å²) < 4.78 is 45.7. The van der Waals surface area contributed by atoms with Crippen LogP contribution in [0, 0.1) is 0 Å². The Morgan fingerprint density at radius 1 is 1.02 bits per heavy atom. The number of hydrogen-bond acceptors (Lipinski definition) is 9. The van der Waals surface area contributed by atoms with Gasteiger partial charge >= 0.3 is 12.2 Å². The maximum Gasteiger partial charge on any atom is 0.420 e. The highest BCUT2D eigenvalue weighted by atomic mass is 19.4. The second-order valence-corrected chi connectivity index (χ2v) is 9.95. The van der Waals surface area contributed by atoms with E-state index in [4.69, 9.17) is 4.74 Å². The molecule has 0 aromatic carbocycles. The Hall–Kier alpha value is -4.62. The molecule has 11 nitrogen and oxygen atoms in total. The van der Waals surface area contributed by atoms with Gasteiger partial charge in [0.15, 0.2) is 0 Å². The van der Waals surface area contributed by atoms with Gasteiger partial charge in [0.2, 0.25) is 11.9 Å². The van der Waals surface area contributed by atoms with Crippen molar-refractivity contribution in [2.24, 2.45) is 0 Å². The zero-order chi connectivity index (χ0) is 29.7. The summed E-state index contributed by atoms with van der Waals surface area (Å²) >= 11 is 0. The Morgan fingerprint density at radius 3 is 2.36 bits per heavy atom. The summed E-state index contributed by atoms with van der Waals surface area (Å²) in [5.41, 5.74) is 0.527. The fourth-order valence-electron chi connectivity index (χ4n) is 5.04. The molecule has 0 atom stereocenters. The molecule has 42 heavy (non-hydrogen) atoms. The molecule has 0 spiro atoms. The number of aromatic amines is 1. The van der Waals surface area contributed by atoms with Gasteiger partial charge in [0.05, 0.1) is 12.8 Å². The van der Waals surface area contributed by atoms with Crippen LogP contribution in [0.3, 0.4) is 0 Å². The molecule has 2 N–H and O–H groups in total. The van der Waals surface area contributed by atoms with E-state index in [1.165, 1.54) is 19.4 Å². The molecular formula is C28H30F3N9O2. The van der Waals surface area contributed by atoms with Crippen molar-refractivity contribution in [1.29, 1.82) is 0 Å². The van der Waals surface area contributed by atoms with Gasteiger partial charge in [0, 0.05) is 60.6 Å². The largest absolute Gasteiger partial charge is 0.467 e. The Bertz CT molecular complexity index is 1470. The van der Waals surface area contributed by atoms with Crippen LogP contribution in [0.4, 0.5) is 24.9 Å². The summed E-state index contributed by atoms with van der Waals surface area (Å²) in [7, 11) is 1.50. The summed E-state index contributed by atoms with van der Waals surface area (Å²) in [4.78, 5) is 36.0. The highest BCUT2D eigenvalue weighted by Crippen LogP contribution is 2.36. The topological polar surface area (TPSA) is 135 Å². The molecule has 0 unspecified atom stereocenters. The van der Waals surface area contributed by atoms with Crippen LogP contribution < -0.4 is 15.0 Å². The Kier molecular flexibility index (Phi) is 8.59.